The van der Waals surface area contributed by atoms with Crippen molar-refractivity contribution in [3.63, 3.8) is 0 Å². The summed E-state index contributed by atoms with van der Waals surface area (Å²) in [4.78, 5) is 4.10. The Hall–Kier alpha value is -0.540. The van der Waals surface area contributed by atoms with Gasteiger partial charge in [-0.05, 0) is 24.6 Å². The fourth-order valence-electron chi connectivity index (χ4n) is 0.806. The highest BCUT2D eigenvalue weighted by atomic mass is 79.9. The normalized spacial score (nSPS) is 10.8. The molecule has 0 heterocycles. The molecule has 1 aromatic rings. The van der Waals surface area contributed by atoms with E-state index in [9.17, 15) is 0 Å². The average molecular weight is 264 g/mol. The molecule has 0 aromatic heterocycles. The van der Waals surface area contributed by atoms with Gasteiger partial charge in [0.2, 0.25) is 0 Å². The number of halogens is 2. The smallest absolute Gasteiger partial charge is 0.0909 e. The maximum absolute atomic E-state index is 5.41. The van der Waals surface area contributed by atoms with Crippen LogP contribution in [-0.2, 0) is 6.54 Å². The Morgan fingerprint density at radius 2 is 1.92 bits per heavy atom. The first-order valence-electron chi connectivity index (χ1n) is 3.69. The first-order chi connectivity index (χ1) is 5.68. The van der Waals surface area contributed by atoms with E-state index in [-0.39, 0.29) is 12.4 Å². The summed E-state index contributed by atoms with van der Waals surface area (Å²) >= 11 is 3.36. The van der Waals surface area contributed by atoms with E-state index in [0.29, 0.717) is 12.4 Å². The summed E-state index contributed by atoms with van der Waals surface area (Å²) in [7, 11) is 0. The minimum Gasteiger partial charge on any atom is -0.388 e. The molecule has 0 aliphatic carbocycles. The summed E-state index contributed by atoms with van der Waals surface area (Å²) in [6, 6.07) is 8.04. The Balaban J connectivity index is 0.00000144. The van der Waals surface area contributed by atoms with Crippen molar-refractivity contribution in [1.29, 1.82) is 0 Å². The van der Waals surface area contributed by atoms with Gasteiger partial charge in [-0.2, -0.15) is 0 Å². The van der Waals surface area contributed by atoms with Gasteiger partial charge in [0.05, 0.1) is 12.4 Å². The number of amidine groups is 1. The molecular formula is C9H12BrClN2. The van der Waals surface area contributed by atoms with Crippen molar-refractivity contribution in [2.45, 2.75) is 13.5 Å². The van der Waals surface area contributed by atoms with E-state index < -0.39 is 0 Å². The van der Waals surface area contributed by atoms with E-state index in [2.05, 4.69) is 20.9 Å². The highest BCUT2D eigenvalue weighted by molar-refractivity contribution is 9.10. The Morgan fingerprint density at radius 3 is 2.38 bits per heavy atom. The minimum absolute atomic E-state index is 0. The Morgan fingerprint density at radius 1 is 1.38 bits per heavy atom. The fraction of sp³-hybridized carbons (Fsp3) is 0.222. The van der Waals surface area contributed by atoms with Gasteiger partial charge in [-0.1, -0.05) is 28.1 Å². The van der Waals surface area contributed by atoms with E-state index in [0.717, 1.165) is 4.47 Å². The quantitative estimate of drug-likeness (QED) is 0.647. The number of nitrogens with zero attached hydrogens (tertiary/aromatic N) is 1. The van der Waals surface area contributed by atoms with Crippen molar-refractivity contribution < 1.29 is 0 Å². The first kappa shape index (κ1) is 12.5. The summed E-state index contributed by atoms with van der Waals surface area (Å²) in [5, 5.41) is 0. The third-order valence-corrected chi connectivity index (χ3v) is 1.95. The van der Waals surface area contributed by atoms with Crippen molar-refractivity contribution >= 4 is 34.2 Å². The second-order valence-corrected chi connectivity index (χ2v) is 3.50. The molecule has 0 radical (unpaired) electrons. The second kappa shape index (κ2) is 6.00. The lowest BCUT2D eigenvalue weighted by Crippen LogP contribution is -2.05. The van der Waals surface area contributed by atoms with E-state index in [1.165, 1.54) is 5.56 Å². The molecule has 2 N–H and O–H groups in total. The van der Waals surface area contributed by atoms with Crippen LogP contribution in [0.15, 0.2) is 33.7 Å². The summed E-state index contributed by atoms with van der Waals surface area (Å²) in [5.74, 6) is 0.623. The van der Waals surface area contributed by atoms with Gasteiger partial charge in [-0.25, -0.2) is 0 Å². The lowest BCUT2D eigenvalue weighted by molar-refractivity contribution is 1.06. The van der Waals surface area contributed by atoms with Crippen LogP contribution in [0, 0.1) is 0 Å². The third kappa shape index (κ3) is 4.90. The van der Waals surface area contributed by atoms with Crippen LogP contribution in [0.3, 0.4) is 0 Å². The van der Waals surface area contributed by atoms with Crippen LogP contribution in [0.1, 0.15) is 12.5 Å². The molecule has 0 aliphatic heterocycles. The number of benzene rings is 1. The van der Waals surface area contributed by atoms with Gasteiger partial charge < -0.3 is 5.73 Å². The SMILES string of the molecule is CC(N)=NCc1ccc(Br)cc1.Cl. The molecule has 4 heteroatoms. The van der Waals surface area contributed by atoms with Crippen molar-refractivity contribution in [2.24, 2.45) is 10.7 Å². The molecule has 72 valence electrons. The Kier molecular flexibility index (Phi) is 5.75. The number of hydrogen-bond acceptors (Lipinski definition) is 1. The Labute approximate surface area is 92.8 Å². The van der Waals surface area contributed by atoms with Crippen LogP contribution in [0.5, 0.6) is 0 Å². The van der Waals surface area contributed by atoms with E-state index in [4.69, 9.17) is 5.73 Å². The van der Waals surface area contributed by atoms with Crippen LogP contribution in [-0.4, -0.2) is 5.84 Å². The molecule has 1 aromatic carbocycles. The molecule has 0 atom stereocenters. The van der Waals surface area contributed by atoms with Gasteiger partial charge in [0.1, 0.15) is 0 Å². The van der Waals surface area contributed by atoms with Crippen molar-refractivity contribution in [3.8, 4) is 0 Å². The van der Waals surface area contributed by atoms with Crippen molar-refractivity contribution in [3.05, 3.63) is 34.3 Å². The first-order valence-corrected chi connectivity index (χ1v) is 4.49. The number of nitrogens with two attached hydrogens (primary N) is 1. The van der Waals surface area contributed by atoms with Gasteiger partial charge in [0, 0.05) is 4.47 Å². The van der Waals surface area contributed by atoms with Crippen LogP contribution in [0.4, 0.5) is 0 Å². The molecule has 13 heavy (non-hydrogen) atoms. The molecule has 1 rings (SSSR count). The van der Waals surface area contributed by atoms with E-state index >= 15 is 0 Å². The lowest BCUT2D eigenvalue weighted by Gasteiger charge is -1.96. The molecular weight excluding hydrogens is 251 g/mol. The second-order valence-electron chi connectivity index (χ2n) is 2.58. The van der Waals surface area contributed by atoms with Gasteiger partial charge in [-0.15, -0.1) is 12.4 Å². The fourth-order valence-corrected chi connectivity index (χ4v) is 1.07. The largest absolute Gasteiger partial charge is 0.388 e. The number of rotatable bonds is 2. The summed E-state index contributed by atoms with van der Waals surface area (Å²) in [6.45, 7) is 2.45. The van der Waals surface area contributed by atoms with Gasteiger partial charge >= 0.3 is 0 Å². The molecule has 0 saturated carbocycles. The number of aliphatic imine (C=N–C) groups is 1. The zero-order chi connectivity index (χ0) is 8.97. The summed E-state index contributed by atoms with van der Waals surface area (Å²) in [5.41, 5.74) is 6.58. The predicted molar refractivity (Wildman–Crippen MR) is 62.4 cm³/mol. The topological polar surface area (TPSA) is 38.4 Å². The molecule has 0 spiro atoms. The molecule has 0 unspecified atom stereocenters. The number of hydrogen-bond donors (Lipinski definition) is 1. The van der Waals surface area contributed by atoms with Gasteiger partial charge in [-0.3, -0.25) is 4.99 Å². The van der Waals surface area contributed by atoms with E-state index in [1.54, 1.807) is 6.92 Å². The maximum atomic E-state index is 5.41. The lowest BCUT2D eigenvalue weighted by atomic mass is 10.2. The molecule has 0 amide bonds. The highest BCUT2D eigenvalue weighted by Gasteiger charge is 1.90. The average Bonchev–Trinajstić information content (AvgIpc) is 2.03. The zero-order valence-electron chi connectivity index (χ0n) is 7.33. The molecule has 0 fully saturated rings. The zero-order valence-corrected chi connectivity index (χ0v) is 9.73. The molecule has 0 saturated heterocycles. The third-order valence-electron chi connectivity index (χ3n) is 1.42. The predicted octanol–water partition coefficient (Wildman–Crippen LogP) is 2.75. The van der Waals surface area contributed by atoms with Gasteiger partial charge in [0.15, 0.2) is 0 Å². The summed E-state index contributed by atoms with van der Waals surface area (Å²) < 4.78 is 1.08. The summed E-state index contributed by atoms with van der Waals surface area (Å²) in [6.07, 6.45) is 0. The van der Waals surface area contributed by atoms with Crippen LogP contribution < -0.4 is 5.73 Å². The standard InChI is InChI=1S/C9H11BrN2.ClH/c1-7(11)12-6-8-2-4-9(10)5-3-8;/h2-5H,6H2,1H3,(H2,11,12);1H. The highest BCUT2D eigenvalue weighted by Crippen LogP contribution is 2.10. The van der Waals surface area contributed by atoms with Crippen molar-refractivity contribution in [1.82, 2.24) is 0 Å². The van der Waals surface area contributed by atoms with E-state index in [1.807, 2.05) is 24.3 Å². The minimum atomic E-state index is 0. The molecule has 2 nitrogen and oxygen atoms in total. The van der Waals surface area contributed by atoms with Crippen LogP contribution in [0.25, 0.3) is 0 Å². The Bertz CT molecular complexity index is 278. The maximum Gasteiger partial charge on any atom is 0.0909 e. The van der Waals surface area contributed by atoms with Crippen LogP contribution >= 0.6 is 28.3 Å². The van der Waals surface area contributed by atoms with Crippen molar-refractivity contribution in [2.75, 3.05) is 0 Å². The monoisotopic (exact) mass is 262 g/mol. The molecule has 0 aliphatic rings. The molecule has 0 bridgehead atoms. The van der Waals surface area contributed by atoms with Gasteiger partial charge in [0.25, 0.3) is 0 Å². The van der Waals surface area contributed by atoms with Crippen LogP contribution in [0.2, 0.25) is 0 Å².